The molecule has 0 saturated heterocycles. The molecule has 3 nitrogen and oxygen atoms in total. The van der Waals surface area contributed by atoms with Crippen molar-refractivity contribution >= 4 is 21.9 Å². The van der Waals surface area contributed by atoms with Crippen LogP contribution in [0.15, 0.2) is 28.7 Å². The number of carbonyl (C=O) groups is 1. The van der Waals surface area contributed by atoms with E-state index in [4.69, 9.17) is 5.11 Å². The highest BCUT2D eigenvalue weighted by Gasteiger charge is 2.20. The van der Waals surface area contributed by atoms with Crippen molar-refractivity contribution in [2.45, 2.75) is 19.4 Å². The van der Waals surface area contributed by atoms with Gasteiger partial charge in [-0.1, -0.05) is 41.1 Å². The molecule has 4 heteroatoms. The third kappa shape index (κ3) is 3.32. The van der Waals surface area contributed by atoms with Gasteiger partial charge in [0.1, 0.15) is 6.04 Å². The van der Waals surface area contributed by atoms with E-state index in [1.54, 1.807) is 0 Å². The second kappa shape index (κ2) is 5.88. The van der Waals surface area contributed by atoms with Gasteiger partial charge in [0.2, 0.25) is 0 Å². The lowest BCUT2D eigenvalue weighted by molar-refractivity contribution is -0.139. The fraction of sp³-hybridized carbons (Fsp3) is 0.364. The molecular weight excluding hydrogens is 258 g/mol. The Morgan fingerprint density at radius 3 is 2.73 bits per heavy atom. The number of halogens is 1. The summed E-state index contributed by atoms with van der Waals surface area (Å²) in [6, 6.07) is 6.72. The number of carboxylic acid groups (broad SMARTS) is 1. The fourth-order valence-electron chi connectivity index (χ4n) is 1.33. The van der Waals surface area contributed by atoms with E-state index in [0.717, 1.165) is 16.5 Å². The largest absolute Gasteiger partial charge is 0.480 e. The van der Waals surface area contributed by atoms with Gasteiger partial charge in [-0.2, -0.15) is 0 Å². The average Bonchev–Trinajstić information content (AvgIpc) is 2.20. The van der Waals surface area contributed by atoms with E-state index in [9.17, 15) is 4.79 Å². The van der Waals surface area contributed by atoms with Gasteiger partial charge in [0.15, 0.2) is 0 Å². The third-order valence-corrected chi connectivity index (χ3v) is 2.78. The zero-order valence-electron chi connectivity index (χ0n) is 8.53. The van der Waals surface area contributed by atoms with Crippen LogP contribution in [0, 0.1) is 0 Å². The van der Waals surface area contributed by atoms with Crippen LogP contribution in [0.2, 0.25) is 0 Å². The van der Waals surface area contributed by atoms with Crippen molar-refractivity contribution in [2.24, 2.45) is 0 Å². The Morgan fingerprint density at radius 2 is 2.20 bits per heavy atom. The maximum absolute atomic E-state index is 11.1. The molecule has 0 fully saturated rings. The quantitative estimate of drug-likeness (QED) is 0.866. The average molecular weight is 272 g/mol. The highest BCUT2D eigenvalue weighted by atomic mass is 79.9. The molecule has 1 aromatic rings. The molecule has 15 heavy (non-hydrogen) atoms. The monoisotopic (exact) mass is 271 g/mol. The molecule has 0 aromatic heterocycles. The predicted octanol–water partition coefficient (Wildman–Crippen LogP) is 2.57. The first kappa shape index (κ1) is 12.2. The van der Waals surface area contributed by atoms with Crippen LogP contribution in [0.4, 0.5) is 0 Å². The summed E-state index contributed by atoms with van der Waals surface area (Å²) in [5, 5.41) is 12.1. The minimum Gasteiger partial charge on any atom is -0.480 e. The van der Waals surface area contributed by atoms with E-state index >= 15 is 0 Å². The molecule has 82 valence electrons. The van der Waals surface area contributed by atoms with E-state index in [-0.39, 0.29) is 0 Å². The molecule has 2 N–H and O–H groups in total. The van der Waals surface area contributed by atoms with Crippen molar-refractivity contribution in [1.82, 2.24) is 5.32 Å². The fourth-order valence-corrected chi connectivity index (χ4v) is 1.84. The van der Waals surface area contributed by atoms with Gasteiger partial charge >= 0.3 is 5.97 Å². The van der Waals surface area contributed by atoms with E-state index in [2.05, 4.69) is 21.2 Å². The lowest BCUT2D eigenvalue weighted by Crippen LogP contribution is -2.29. The zero-order chi connectivity index (χ0) is 11.3. The Kier molecular flexibility index (Phi) is 4.78. The number of aliphatic carboxylic acids is 1. The van der Waals surface area contributed by atoms with Crippen LogP contribution in [0.5, 0.6) is 0 Å². The SMILES string of the molecule is CCCNC(C(=O)O)c1ccccc1Br. The van der Waals surface area contributed by atoms with E-state index in [0.29, 0.717) is 6.54 Å². The summed E-state index contributed by atoms with van der Waals surface area (Å²) in [7, 11) is 0. The van der Waals surface area contributed by atoms with Crippen LogP contribution in [0.3, 0.4) is 0 Å². The van der Waals surface area contributed by atoms with E-state index in [1.165, 1.54) is 0 Å². The summed E-state index contributed by atoms with van der Waals surface area (Å²) in [5.74, 6) is -0.852. The Bertz CT molecular complexity index is 341. The number of nitrogens with one attached hydrogen (secondary N) is 1. The highest BCUT2D eigenvalue weighted by Crippen LogP contribution is 2.23. The number of hydrogen-bond donors (Lipinski definition) is 2. The van der Waals surface area contributed by atoms with Gasteiger partial charge in [-0.15, -0.1) is 0 Å². The van der Waals surface area contributed by atoms with Crippen molar-refractivity contribution in [3.63, 3.8) is 0 Å². The molecule has 0 bridgehead atoms. The van der Waals surface area contributed by atoms with Crippen LogP contribution in [0.1, 0.15) is 24.9 Å². The molecule has 0 heterocycles. The number of benzene rings is 1. The molecule has 0 spiro atoms. The first-order valence-corrected chi connectivity index (χ1v) is 5.66. The van der Waals surface area contributed by atoms with Crippen molar-refractivity contribution in [3.05, 3.63) is 34.3 Å². The minimum absolute atomic E-state index is 0.638. The number of hydrogen-bond acceptors (Lipinski definition) is 2. The van der Waals surface area contributed by atoms with Crippen LogP contribution < -0.4 is 5.32 Å². The number of rotatable bonds is 5. The summed E-state index contributed by atoms with van der Waals surface area (Å²) < 4.78 is 0.820. The standard InChI is InChI=1S/C11H14BrNO2/c1-2-7-13-10(11(14)15)8-5-3-4-6-9(8)12/h3-6,10,13H,2,7H2,1H3,(H,14,15). The van der Waals surface area contributed by atoms with Crippen LogP contribution in [0.25, 0.3) is 0 Å². The number of carboxylic acids is 1. The lowest BCUT2D eigenvalue weighted by Gasteiger charge is -2.15. The van der Waals surface area contributed by atoms with Crippen LogP contribution >= 0.6 is 15.9 Å². The Hall–Kier alpha value is -0.870. The lowest BCUT2D eigenvalue weighted by atomic mass is 10.1. The summed E-state index contributed by atoms with van der Waals surface area (Å²) >= 11 is 3.35. The van der Waals surface area contributed by atoms with Gasteiger partial charge in [0.25, 0.3) is 0 Å². The summed E-state index contributed by atoms with van der Waals surface area (Å²) in [4.78, 5) is 11.1. The first-order chi connectivity index (χ1) is 7.16. The summed E-state index contributed by atoms with van der Waals surface area (Å²) in [5.41, 5.74) is 0.762. The molecule has 1 atom stereocenters. The maximum Gasteiger partial charge on any atom is 0.325 e. The molecule has 0 aliphatic rings. The Morgan fingerprint density at radius 1 is 1.53 bits per heavy atom. The van der Waals surface area contributed by atoms with Crippen LogP contribution in [-0.2, 0) is 4.79 Å². The molecule has 1 rings (SSSR count). The van der Waals surface area contributed by atoms with E-state index in [1.807, 2.05) is 31.2 Å². The molecule has 0 aliphatic heterocycles. The second-order valence-electron chi connectivity index (χ2n) is 3.25. The van der Waals surface area contributed by atoms with Gasteiger partial charge in [-0.25, -0.2) is 0 Å². The normalized spacial score (nSPS) is 12.4. The molecule has 0 amide bonds. The van der Waals surface area contributed by atoms with Crippen molar-refractivity contribution in [2.75, 3.05) is 6.54 Å². The maximum atomic E-state index is 11.1. The second-order valence-corrected chi connectivity index (χ2v) is 4.10. The third-order valence-electron chi connectivity index (χ3n) is 2.06. The Balaban J connectivity index is 2.89. The van der Waals surface area contributed by atoms with Crippen molar-refractivity contribution < 1.29 is 9.90 Å². The molecular formula is C11H14BrNO2. The molecule has 0 aliphatic carbocycles. The van der Waals surface area contributed by atoms with Gasteiger partial charge in [-0.05, 0) is 24.6 Å². The highest BCUT2D eigenvalue weighted by molar-refractivity contribution is 9.10. The van der Waals surface area contributed by atoms with Gasteiger partial charge < -0.3 is 10.4 Å². The zero-order valence-corrected chi connectivity index (χ0v) is 10.1. The van der Waals surface area contributed by atoms with Crippen LogP contribution in [-0.4, -0.2) is 17.6 Å². The first-order valence-electron chi connectivity index (χ1n) is 4.87. The molecule has 1 aromatic carbocycles. The molecule has 0 saturated carbocycles. The summed E-state index contributed by atoms with van der Waals surface area (Å²) in [6.07, 6.45) is 0.911. The topological polar surface area (TPSA) is 49.3 Å². The van der Waals surface area contributed by atoms with Gasteiger partial charge in [-0.3, -0.25) is 4.79 Å². The predicted molar refractivity (Wildman–Crippen MR) is 62.8 cm³/mol. The van der Waals surface area contributed by atoms with Gasteiger partial charge in [0.05, 0.1) is 0 Å². The minimum atomic E-state index is -0.852. The smallest absolute Gasteiger partial charge is 0.325 e. The van der Waals surface area contributed by atoms with E-state index < -0.39 is 12.0 Å². The summed E-state index contributed by atoms with van der Waals surface area (Å²) in [6.45, 7) is 2.70. The molecule has 1 unspecified atom stereocenters. The molecule has 0 radical (unpaired) electrons. The van der Waals surface area contributed by atoms with Crippen molar-refractivity contribution in [1.29, 1.82) is 0 Å². The van der Waals surface area contributed by atoms with Gasteiger partial charge in [0, 0.05) is 4.47 Å². The Labute approximate surface area is 97.6 Å². The van der Waals surface area contributed by atoms with Crippen molar-refractivity contribution in [3.8, 4) is 0 Å².